The number of hydrogen-bond donors (Lipinski definition) is 3. The Morgan fingerprint density at radius 3 is 2.71 bits per heavy atom. The van der Waals surface area contributed by atoms with Crippen LogP contribution in [0.15, 0.2) is 6.33 Å². The highest BCUT2D eigenvalue weighted by Crippen LogP contribution is 2.28. The lowest BCUT2D eigenvalue weighted by atomic mass is 10.3. The molecule has 0 aromatic carbocycles. The predicted molar refractivity (Wildman–Crippen MR) is 76.2 cm³/mol. The van der Waals surface area contributed by atoms with E-state index in [1.165, 1.54) is 20.5 Å². The van der Waals surface area contributed by atoms with Crippen LogP contribution in [-0.2, 0) is 9.53 Å². The number of carbonyl (C=O) groups is 1. The van der Waals surface area contributed by atoms with Crippen molar-refractivity contribution in [3.05, 3.63) is 16.4 Å². The third kappa shape index (κ3) is 4.53. The van der Waals surface area contributed by atoms with Crippen LogP contribution in [0.1, 0.15) is 6.92 Å². The maximum atomic E-state index is 11.8. The molecule has 0 saturated heterocycles. The standard InChI is InChI=1S/C11H18N6O4/c1-7(11(18)13-4-5-21-3)16-10-8(17(19)20)9(12-2)14-6-15-10/h6-7H,4-5H2,1-3H3,(H,13,18)(H2,12,14,15,16). The number of methoxy groups -OCH3 is 1. The first-order valence-corrected chi connectivity index (χ1v) is 6.21. The van der Waals surface area contributed by atoms with Crippen LogP contribution in [0.3, 0.4) is 0 Å². The fraction of sp³-hybridized carbons (Fsp3) is 0.545. The molecule has 3 N–H and O–H groups in total. The Hall–Kier alpha value is -2.49. The second kappa shape index (κ2) is 7.94. The third-order valence-electron chi connectivity index (χ3n) is 2.59. The average Bonchev–Trinajstić information content (AvgIpc) is 2.46. The van der Waals surface area contributed by atoms with Crippen LogP contribution >= 0.6 is 0 Å². The third-order valence-corrected chi connectivity index (χ3v) is 2.59. The molecule has 0 fully saturated rings. The first-order valence-electron chi connectivity index (χ1n) is 6.21. The number of nitrogens with one attached hydrogen (secondary N) is 3. The number of rotatable bonds is 8. The molecule has 1 rings (SSSR count). The number of anilines is 2. The Morgan fingerprint density at radius 1 is 1.48 bits per heavy atom. The number of carbonyl (C=O) groups excluding carboxylic acids is 1. The molecule has 1 aromatic heterocycles. The summed E-state index contributed by atoms with van der Waals surface area (Å²) in [5.74, 6) is -0.260. The molecule has 1 amide bonds. The van der Waals surface area contributed by atoms with Crippen LogP contribution in [0, 0.1) is 10.1 Å². The molecule has 0 spiro atoms. The van der Waals surface area contributed by atoms with E-state index >= 15 is 0 Å². The van der Waals surface area contributed by atoms with Crippen LogP contribution in [-0.4, -0.2) is 54.1 Å². The Bertz CT molecular complexity index is 509. The van der Waals surface area contributed by atoms with E-state index in [9.17, 15) is 14.9 Å². The number of ether oxygens (including phenoxy) is 1. The lowest BCUT2D eigenvalue weighted by molar-refractivity contribution is -0.383. The van der Waals surface area contributed by atoms with Crippen LogP contribution in [0.4, 0.5) is 17.3 Å². The first kappa shape index (κ1) is 16.6. The summed E-state index contributed by atoms with van der Waals surface area (Å²) >= 11 is 0. The molecule has 0 aliphatic heterocycles. The topological polar surface area (TPSA) is 131 Å². The van der Waals surface area contributed by atoms with Gasteiger partial charge in [0.15, 0.2) is 0 Å². The second-order valence-electron chi connectivity index (χ2n) is 4.08. The highest BCUT2D eigenvalue weighted by atomic mass is 16.6. The predicted octanol–water partition coefficient (Wildman–Crippen LogP) is -0.0105. The molecule has 1 heterocycles. The van der Waals surface area contributed by atoms with E-state index in [2.05, 4.69) is 25.9 Å². The Balaban J connectivity index is 2.82. The zero-order valence-electron chi connectivity index (χ0n) is 12.0. The van der Waals surface area contributed by atoms with E-state index in [-0.39, 0.29) is 23.2 Å². The van der Waals surface area contributed by atoms with Gasteiger partial charge in [0.2, 0.25) is 17.5 Å². The lowest BCUT2D eigenvalue weighted by Crippen LogP contribution is -2.39. The van der Waals surface area contributed by atoms with E-state index in [4.69, 9.17) is 4.74 Å². The van der Waals surface area contributed by atoms with Gasteiger partial charge in [0.05, 0.1) is 11.5 Å². The normalized spacial score (nSPS) is 11.6. The molecule has 116 valence electrons. The van der Waals surface area contributed by atoms with Crippen molar-refractivity contribution in [1.29, 1.82) is 0 Å². The van der Waals surface area contributed by atoms with E-state index in [0.717, 1.165) is 0 Å². The van der Waals surface area contributed by atoms with Crippen LogP contribution < -0.4 is 16.0 Å². The smallest absolute Gasteiger partial charge is 0.353 e. The zero-order chi connectivity index (χ0) is 15.8. The SMILES string of the molecule is CNc1ncnc(NC(C)C(=O)NCCOC)c1[N+](=O)[O-]. The van der Waals surface area contributed by atoms with Crippen molar-refractivity contribution in [2.45, 2.75) is 13.0 Å². The minimum Gasteiger partial charge on any atom is -0.383 e. The minimum absolute atomic E-state index is 0.0197. The molecule has 10 nitrogen and oxygen atoms in total. The summed E-state index contributed by atoms with van der Waals surface area (Å²) in [6.07, 6.45) is 1.18. The summed E-state index contributed by atoms with van der Waals surface area (Å²) in [7, 11) is 3.04. The van der Waals surface area contributed by atoms with Crippen molar-refractivity contribution in [2.24, 2.45) is 0 Å². The molecule has 0 bridgehead atoms. The number of nitro groups is 1. The van der Waals surface area contributed by atoms with Gasteiger partial charge in [-0.3, -0.25) is 14.9 Å². The van der Waals surface area contributed by atoms with Crippen LogP contribution in [0.2, 0.25) is 0 Å². The summed E-state index contributed by atoms with van der Waals surface area (Å²) in [5.41, 5.74) is -0.309. The largest absolute Gasteiger partial charge is 0.383 e. The van der Waals surface area contributed by atoms with Gasteiger partial charge in [0, 0.05) is 20.7 Å². The number of nitrogens with zero attached hydrogens (tertiary/aromatic N) is 3. The van der Waals surface area contributed by atoms with E-state index in [1.54, 1.807) is 6.92 Å². The molecule has 1 atom stereocenters. The summed E-state index contributed by atoms with van der Waals surface area (Å²) in [6.45, 7) is 2.32. The van der Waals surface area contributed by atoms with Gasteiger partial charge < -0.3 is 20.7 Å². The van der Waals surface area contributed by atoms with E-state index in [0.29, 0.717) is 13.2 Å². The quantitative estimate of drug-likeness (QED) is 0.347. The van der Waals surface area contributed by atoms with Gasteiger partial charge in [-0.05, 0) is 6.92 Å². The lowest BCUT2D eigenvalue weighted by Gasteiger charge is -2.15. The molecular weight excluding hydrogens is 280 g/mol. The van der Waals surface area contributed by atoms with Crippen molar-refractivity contribution in [1.82, 2.24) is 15.3 Å². The molecule has 0 radical (unpaired) electrons. The molecule has 0 aliphatic carbocycles. The van der Waals surface area contributed by atoms with Crippen LogP contribution in [0.5, 0.6) is 0 Å². The van der Waals surface area contributed by atoms with Gasteiger partial charge in [-0.25, -0.2) is 9.97 Å². The summed E-state index contributed by atoms with van der Waals surface area (Å²) in [6, 6.07) is -0.694. The van der Waals surface area contributed by atoms with Gasteiger partial charge >= 0.3 is 5.69 Å². The van der Waals surface area contributed by atoms with Crippen molar-refractivity contribution in [2.75, 3.05) is 37.9 Å². The molecule has 21 heavy (non-hydrogen) atoms. The van der Waals surface area contributed by atoms with Gasteiger partial charge in [-0.15, -0.1) is 0 Å². The second-order valence-corrected chi connectivity index (χ2v) is 4.08. The monoisotopic (exact) mass is 298 g/mol. The Labute approximate surface area is 121 Å². The number of amides is 1. The fourth-order valence-electron chi connectivity index (χ4n) is 1.54. The molecular formula is C11H18N6O4. The molecule has 10 heteroatoms. The highest BCUT2D eigenvalue weighted by Gasteiger charge is 2.24. The van der Waals surface area contributed by atoms with Crippen molar-refractivity contribution in [3.8, 4) is 0 Å². The fourth-order valence-corrected chi connectivity index (χ4v) is 1.54. The molecule has 0 saturated carbocycles. The maximum absolute atomic E-state index is 11.8. The summed E-state index contributed by atoms with van der Waals surface area (Å²) in [5, 5.41) is 19.0. The van der Waals surface area contributed by atoms with Gasteiger partial charge in [-0.2, -0.15) is 0 Å². The summed E-state index contributed by atoms with van der Waals surface area (Å²) < 4.78 is 4.82. The highest BCUT2D eigenvalue weighted by molar-refractivity contribution is 5.85. The van der Waals surface area contributed by atoms with E-state index in [1.807, 2.05) is 0 Å². The zero-order valence-corrected chi connectivity index (χ0v) is 12.0. The minimum atomic E-state index is -0.694. The average molecular weight is 298 g/mol. The first-order chi connectivity index (χ1) is 10.0. The number of aromatic nitrogens is 2. The molecule has 0 aliphatic rings. The van der Waals surface area contributed by atoms with Gasteiger partial charge in [-0.1, -0.05) is 0 Å². The van der Waals surface area contributed by atoms with Crippen LogP contribution in [0.25, 0.3) is 0 Å². The van der Waals surface area contributed by atoms with Crippen molar-refractivity contribution >= 4 is 23.2 Å². The van der Waals surface area contributed by atoms with Gasteiger partial charge in [0.1, 0.15) is 12.4 Å². The van der Waals surface area contributed by atoms with E-state index < -0.39 is 11.0 Å². The van der Waals surface area contributed by atoms with Gasteiger partial charge in [0.25, 0.3) is 0 Å². The summed E-state index contributed by atoms with van der Waals surface area (Å²) in [4.78, 5) is 29.9. The maximum Gasteiger partial charge on any atom is 0.353 e. The number of hydrogen-bond acceptors (Lipinski definition) is 8. The molecule has 1 unspecified atom stereocenters. The Morgan fingerprint density at radius 2 is 2.14 bits per heavy atom. The Kier molecular flexibility index (Phi) is 6.27. The van der Waals surface area contributed by atoms with Crippen molar-refractivity contribution in [3.63, 3.8) is 0 Å². The van der Waals surface area contributed by atoms with Crippen molar-refractivity contribution < 1.29 is 14.5 Å². The molecule has 1 aromatic rings.